The molecule has 1 aliphatic heterocycles. The lowest BCUT2D eigenvalue weighted by atomic mass is 10.1. The number of hydrogen-bond donors (Lipinski definition) is 1. The van der Waals surface area contributed by atoms with Crippen molar-refractivity contribution in [3.8, 4) is 0 Å². The Balaban J connectivity index is 1.86. The fraction of sp³-hybridized carbons (Fsp3) is 0.294. The quantitative estimate of drug-likeness (QED) is 0.917. The number of carbonyl (C=O) groups excluding carboxylic acids is 1. The molecule has 0 aromatic heterocycles. The van der Waals surface area contributed by atoms with Gasteiger partial charge in [-0.1, -0.05) is 67.9 Å². The van der Waals surface area contributed by atoms with Gasteiger partial charge in [-0.2, -0.15) is 0 Å². The van der Waals surface area contributed by atoms with Crippen LogP contribution in [0.3, 0.4) is 0 Å². The summed E-state index contributed by atoms with van der Waals surface area (Å²) in [6.45, 7) is 2.14. The molecule has 1 N–H and O–H groups in total. The molecule has 1 saturated heterocycles. The van der Waals surface area contributed by atoms with Crippen LogP contribution in [0.4, 0.5) is 5.69 Å². The van der Waals surface area contributed by atoms with Crippen molar-refractivity contribution in [2.45, 2.75) is 31.4 Å². The largest absolute Gasteiger partial charge is 0.304 e. The first-order valence-electron chi connectivity index (χ1n) is 7.32. The Kier molecular flexibility index (Phi) is 4.25. The van der Waals surface area contributed by atoms with Crippen molar-refractivity contribution in [2.75, 3.05) is 0 Å². The van der Waals surface area contributed by atoms with E-state index in [4.69, 9.17) is 0 Å². The summed E-state index contributed by atoms with van der Waals surface area (Å²) in [5, 5.41) is 5.91. The maximum atomic E-state index is 11.9. The molecule has 3 nitrogen and oxygen atoms in total. The molecule has 1 amide bonds. The molecular formula is C17H18N2OS. The number of amides is 1. The minimum atomic E-state index is 0.0127. The van der Waals surface area contributed by atoms with Crippen LogP contribution in [-0.2, 0) is 4.79 Å². The zero-order valence-corrected chi connectivity index (χ0v) is 12.8. The Morgan fingerprint density at radius 3 is 2.86 bits per heavy atom. The summed E-state index contributed by atoms with van der Waals surface area (Å²) in [5.41, 5.74) is 0.909. The highest BCUT2D eigenvalue weighted by atomic mass is 32.2. The van der Waals surface area contributed by atoms with Crippen LogP contribution in [0.5, 0.6) is 0 Å². The average molecular weight is 298 g/mol. The Labute approximate surface area is 128 Å². The standard InChI is InChI=1S/C17H18N2OS/c1-2-3-11-15-16(20)19-17(21-15)18-14-10-6-8-12-7-4-5-9-13(12)14/h4-10,15H,2-3,11H2,1H3,(H,18,19,20). The number of nitrogens with zero attached hydrogens (tertiary/aromatic N) is 1. The lowest BCUT2D eigenvalue weighted by Crippen LogP contribution is -2.24. The summed E-state index contributed by atoms with van der Waals surface area (Å²) in [6.07, 6.45) is 3.11. The van der Waals surface area contributed by atoms with E-state index in [9.17, 15) is 4.79 Å². The van der Waals surface area contributed by atoms with Gasteiger partial charge in [0.05, 0.1) is 10.9 Å². The van der Waals surface area contributed by atoms with Crippen molar-refractivity contribution in [1.82, 2.24) is 5.32 Å². The number of benzene rings is 2. The minimum absolute atomic E-state index is 0.0127. The van der Waals surface area contributed by atoms with Crippen LogP contribution >= 0.6 is 11.8 Å². The van der Waals surface area contributed by atoms with E-state index in [0.717, 1.165) is 40.9 Å². The van der Waals surface area contributed by atoms with Gasteiger partial charge in [-0.05, 0) is 17.9 Å². The van der Waals surface area contributed by atoms with E-state index in [0.29, 0.717) is 0 Å². The Morgan fingerprint density at radius 2 is 2.00 bits per heavy atom. The monoisotopic (exact) mass is 298 g/mol. The van der Waals surface area contributed by atoms with Gasteiger partial charge in [-0.3, -0.25) is 4.79 Å². The summed E-state index contributed by atoms with van der Waals surface area (Å²) in [6, 6.07) is 14.2. The predicted molar refractivity (Wildman–Crippen MR) is 90.1 cm³/mol. The van der Waals surface area contributed by atoms with Crippen LogP contribution in [0.1, 0.15) is 26.2 Å². The van der Waals surface area contributed by atoms with E-state index in [1.54, 1.807) is 11.8 Å². The molecule has 108 valence electrons. The Bertz CT molecular complexity index is 691. The lowest BCUT2D eigenvalue weighted by Gasteiger charge is -2.03. The third-order valence-electron chi connectivity index (χ3n) is 3.58. The number of aliphatic imine (C=N–C) groups is 1. The van der Waals surface area contributed by atoms with Crippen molar-refractivity contribution in [3.63, 3.8) is 0 Å². The van der Waals surface area contributed by atoms with Gasteiger partial charge in [0, 0.05) is 5.39 Å². The smallest absolute Gasteiger partial charge is 0.239 e. The molecule has 1 atom stereocenters. The summed E-state index contributed by atoms with van der Waals surface area (Å²) in [4.78, 5) is 16.6. The maximum absolute atomic E-state index is 11.9. The number of fused-ring (bicyclic) bond motifs is 1. The molecule has 3 rings (SSSR count). The van der Waals surface area contributed by atoms with Gasteiger partial charge in [-0.15, -0.1) is 0 Å². The molecule has 0 aliphatic carbocycles. The Hall–Kier alpha value is -1.81. The van der Waals surface area contributed by atoms with E-state index in [2.05, 4.69) is 35.4 Å². The molecule has 21 heavy (non-hydrogen) atoms. The van der Waals surface area contributed by atoms with Crippen molar-refractivity contribution >= 4 is 39.3 Å². The number of hydrogen-bond acceptors (Lipinski definition) is 3. The summed E-state index contributed by atoms with van der Waals surface area (Å²) < 4.78 is 0. The number of nitrogens with one attached hydrogen (secondary N) is 1. The van der Waals surface area contributed by atoms with E-state index >= 15 is 0 Å². The van der Waals surface area contributed by atoms with Gasteiger partial charge < -0.3 is 5.32 Å². The summed E-state index contributed by atoms with van der Waals surface area (Å²) in [7, 11) is 0. The van der Waals surface area contributed by atoms with Crippen molar-refractivity contribution in [2.24, 2.45) is 4.99 Å². The van der Waals surface area contributed by atoms with Crippen LogP contribution in [0.2, 0.25) is 0 Å². The highest BCUT2D eigenvalue weighted by Gasteiger charge is 2.29. The SMILES string of the molecule is CCCCC1SC(=Nc2cccc3ccccc23)NC1=O. The predicted octanol–water partition coefficient (Wildman–Crippen LogP) is 4.25. The Morgan fingerprint density at radius 1 is 1.19 bits per heavy atom. The van der Waals surface area contributed by atoms with Gasteiger partial charge in [0.1, 0.15) is 0 Å². The van der Waals surface area contributed by atoms with E-state index in [-0.39, 0.29) is 11.2 Å². The number of rotatable bonds is 4. The fourth-order valence-electron chi connectivity index (χ4n) is 2.45. The van der Waals surface area contributed by atoms with E-state index in [1.807, 2.05) is 24.3 Å². The molecule has 1 heterocycles. The van der Waals surface area contributed by atoms with Crippen LogP contribution < -0.4 is 5.32 Å². The fourth-order valence-corrected chi connectivity index (χ4v) is 3.48. The zero-order valence-electron chi connectivity index (χ0n) is 12.0. The molecular weight excluding hydrogens is 280 g/mol. The van der Waals surface area contributed by atoms with Crippen molar-refractivity contribution in [1.29, 1.82) is 0 Å². The normalized spacial score (nSPS) is 20.1. The second-order valence-corrected chi connectivity index (χ2v) is 6.34. The molecule has 1 fully saturated rings. The lowest BCUT2D eigenvalue weighted by molar-refractivity contribution is -0.118. The second kappa shape index (κ2) is 6.31. The molecule has 0 saturated carbocycles. The molecule has 0 spiro atoms. The molecule has 0 bridgehead atoms. The topological polar surface area (TPSA) is 41.5 Å². The minimum Gasteiger partial charge on any atom is -0.304 e. The van der Waals surface area contributed by atoms with Crippen LogP contribution in [0.25, 0.3) is 10.8 Å². The van der Waals surface area contributed by atoms with Crippen molar-refractivity contribution in [3.05, 3.63) is 42.5 Å². The number of thioether (sulfide) groups is 1. The first kappa shape index (κ1) is 14.1. The number of unbranched alkanes of at least 4 members (excludes halogenated alkanes) is 1. The first-order chi connectivity index (χ1) is 10.3. The number of carbonyl (C=O) groups is 1. The van der Waals surface area contributed by atoms with Gasteiger partial charge >= 0.3 is 0 Å². The van der Waals surface area contributed by atoms with Crippen molar-refractivity contribution < 1.29 is 4.79 Å². The molecule has 0 radical (unpaired) electrons. The maximum Gasteiger partial charge on any atom is 0.239 e. The molecule has 2 aromatic carbocycles. The average Bonchev–Trinajstić information content (AvgIpc) is 2.85. The van der Waals surface area contributed by atoms with E-state index < -0.39 is 0 Å². The number of amidine groups is 1. The third-order valence-corrected chi connectivity index (χ3v) is 4.74. The van der Waals surface area contributed by atoms with Crippen LogP contribution in [0, 0.1) is 0 Å². The third kappa shape index (κ3) is 3.10. The van der Waals surface area contributed by atoms with Gasteiger partial charge in [-0.25, -0.2) is 4.99 Å². The highest BCUT2D eigenvalue weighted by Crippen LogP contribution is 2.30. The molecule has 4 heteroatoms. The molecule has 2 aromatic rings. The van der Waals surface area contributed by atoms with Gasteiger partial charge in [0.2, 0.25) is 5.91 Å². The highest BCUT2D eigenvalue weighted by molar-refractivity contribution is 8.15. The zero-order chi connectivity index (χ0) is 14.7. The van der Waals surface area contributed by atoms with Gasteiger partial charge in [0.15, 0.2) is 5.17 Å². The summed E-state index contributed by atoms with van der Waals surface area (Å²) in [5.74, 6) is 0.0902. The molecule has 1 aliphatic rings. The second-order valence-electron chi connectivity index (χ2n) is 5.15. The van der Waals surface area contributed by atoms with Crippen LogP contribution in [-0.4, -0.2) is 16.3 Å². The molecule has 1 unspecified atom stereocenters. The van der Waals surface area contributed by atoms with Gasteiger partial charge in [0.25, 0.3) is 0 Å². The van der Waals surface area contributed by atoms with Crippen LogP contribution in [0.15, 0.2) is 47.5 Å². The summed E-state index contributed by atoms with van der Waals surface area (Å²) >= 11 is 1.55. The first-order valence-corrected chi connectivity index (χ1v) is 8.20. The van der Waals surface area contributed by atoms with E-state index in [1.165, 1.54) is 0 Å².